The van der Waals surface area contributed by atoms with Crippen LogP contribution in [-0.4, -0.2) is 135 Å². The van der Waals surface area contributed by atoms with Crippen molar-refractivity contribution in [1.82, 2.24) is 0 Å². The van der Waals surface area contributed by atoms with Gasteiger partial charge in [0.15, 0.2) is 12.6 Å². The third-order valence-electron chi connectivity index (χ3n) is 6.07. The minimum Gasteiger partial charge on any atom is -0.394 e. The molecule has 14 nitrogen and oxygen atoms in total. The zero-order chi connectivity index (χ0) is 23.0. The molecule has 1 aliphatic carbocycles. The van der Waals surface area contributed by atoms with Crippen LogP contribution in [0.25, 0.3) is 0 Å². The number of rotatable bonds is 6. The number of hydrogen-bond donors (Lipinski definition) is 10. The molecule has 0 spiro atoms. The summed E-state index contributed by atoms with van der Waals surface area (Å²) in [4.78, 5) is 0. The average molecular weight is 455 g/mol. The summed E-state index contributed by atoms with van der Waals surface area (Å²) < 4.78 is 22.2. The van der Waals surface area contributed by atoms with Crippen LogP contribution >= 0.6 is 0 Å². The lowest BCUT2D eigenvalue weighted by Crippen LogP contribution is -2.68. The molecule has 0 bridgehead atoms. The van der Waals surface area contributed by atoms with Crippen molar-refractivity contribution in [3.63, 3.8) is 0 Å². The zero-order valence-corrected chi connectivity index (χ0v) is 16.7. The first-order valence-corrected chi connectivity index (χ1v) is 10.1. The van der Waals surface area contributed by atoms with Crippen molar-refractivity contribution in [2.24, 2.45) is 17.2 Å². The second-order valence-corrected chi connectivity index (χ2v) is 8.25. The number of aliphatic hydroxyl groups excluding tert-OH is 7. The molecule has 2 aliphatic heterocycles. The van der Waals surface area contributed by atoms with E-state index in [4.69, 9.17) is 36.1 Å². The molecule has 14 heteroatoms. The maximum absolute atomic E-state index is 10.6. The highest BCUT2D eigenvalue weighted by atomic mass is 16.7. The van der Waals surface area contributed by atoms with Gasteiger partial charge in [0.2, 0.25) is 0 Å². The van der Waals surface area contributed by atoms with Crippen LogP contribution in [0, 0.1) is 0 Å². The van der Waals surface area contributed by atoms with E-state index in [2.05, 4.69) is 0 Å². The SMILES string of the molecule is N[C@H]1[C@@H](O[C@H]2[C@H](O[C@@H]3O[C@H](CO)[C@@H](O)[C@H]3O)[C@@H](O)[C@H](N)C[C@@H]2N)O[C@H](CO)[C@@H](O)[C@@H]1O. The van der Waals surface area contributed by atoms with Crippen LogP contribution < -0.4 is 17.2 Å². The van der Waals surface area contributed by atoms with Crippen molar-refractivity contribution in [3.05, 3.63) is 0 Å². The highest BCUT2D eigenvalue weighted by Crippen LogP contribution is 2.32. The van der Waals surface area contributed by atoms with Gasteiger partial charge in [-0.15, -0.1) is 0 Å². The molecule has 0 aromatic heterocycles. The summed E-state index contributed by atoms with van der Waals surface area (Å²) in [6.07, 6.45) is -14.5. The molecule has 14 atom stereocenters. The highest BCUT2D eigenvalue weighted by Gasteiger charge is 2.52. The second-order valence-electron chi connectivity index (χ2n) is 8.25. The van der Waals surface area contributed by atoms with Gasteiger partial charge in [0.1, 0.15) is 48.8 Å². The number of hydrogen-bond acceptors (Lipinski definition) is 14. The first kappa shape index (κ1) is 25.1. The molecule has 31 heavy (non-hydrogen) atoms. The summed E-state index contributed by atoms with van der Waals surface area (Å²) in [7, 11) is 0. The Morgan fingerprint density at radius 1 is 0.645 bits per heavy atom. The Labute approximate surface area is 178 Å². The van der Waals surface area contributed by atoms with Gasteiger partial charge >= 0.3 is 0 Å². The van der Waals surface area contributed by atoms with Crippen molar-refractivity contribution < 1.29 is 54.7 Å². The van der Waals surface area contributed by atoms with E-state index in [1.54, 1.807) is 0 Å². The maximum Gasteiger partial charge on any atom is 0.187 e. The molecule has 0 radical (unpaired) electrons. The average Bonchev–Trinajstić information content (AvgIpc) is 3.02. The molecule has 0 amide bonds. The van der Waals surface area contributed by atoms with Crippen LogP contribution in [0.3, 0.4) is 0 Å². The summed E-state index contributed by atoms with van der Waals surface area (Å²) in [6.45, 7) is -1.19. The Hall–Kier alpha value is -0.560. The first-order valence-electron chi connectivity index (χ1n) is 10.1. The summed E-state index contributed by atoms with van der Waals surface area (Å²) in [5.41, 5.74) is 18.0. The Morgan fingerprint density at radius 2 is 1.16 bits per heavy atom. The Kier molecular flexibility index (Phi) is 8.21. The van der Waals surface area contributed by atoms with Crippen molar-refractivity contribution in [2.75, 3.05) is 13.2 Å². The minimum absolute atomic E-state index is 0.123. The molecular weight excluding hydrogens is 422 g/mol. The Bertz CT molecular complexity index is 590. The summed E-state index contributed by atoms with van der Waals surface area (Å²) in [6, 6.07) is -2.82. The molecular formula is C17H33N3O11. The van der Waals surface area contributed by atoms with E-state index in [9.17, 15) is 35.7 Å². The molecule has 0 aromatic rings. The first-order chi connectivity index (χ1) is 14.6. The third-order valence-corrected chi connectivity index (χ3v) is 6.07. The van der Waals surface area contributed by atoms with Crippen molar-refractivity contribution >= 4 is 0 Å². The van der Waals surface area contributed by atoms with Crippen LogP contribution in [-0.2, 0) is 18.9 Å². The normalized spacial score (nSPS) is 53.6. The van der Waals surface area contributed by atoms with Crippen molar-refractivity contribution in [2.45, 2.75) is 92.1 Å². The largest absolute Gasteiger partial charge is 0.394 e. The van der Waals surface area contributed by atoms with E-state index in [-0.39, 0.29) is 6.42 Å². The summed E-state index contributed by atoms with van der Waals surface area (Å²) in [5.74, 6) is 0. The van der Waals surface area contributed by atoms with E-state index in [0.717, 1.165) is 0 Å². The van der Waals surface area contributed by atoms with Gasteiger partial charge in [-0.05, 0) is 6.42 Å². The lowest BCUT2D eigenvalue weighted by molar-refractivity contribution is -0.310. The van der Waals surface area contributed by atoms with E-state index in [1.165, 1.54) is 0 Å². The monoisotopic (exact) mass is 455 g/mol. The molecule has 3 fully saturated rings. The van der Waals surface area contributed by atoms with E-state index in [0.29, 0.717) is 0 Å². The molecule has 182 valence electrons. The van der Waals surface area contributed by atoms with Crippen LogP contribution in [0.5, 0.6) is 0 Å². The molecule has 2 heterocycles. The van der Waals surface area contributed by atoms with Gasteiger partial charge in [-0.1, -0.05) is 0 Å². The van der Waals surface area contributed by atoms with Gasteiger partial charge in [-0.3, -0.25) is 0 Å². The van der Waals surface area contributed by atoms with Crippen LogP contribution in [0.4, 0.5) is 0 Å². The molecule has 3 aliphatic rings. The highest BCUT2D eigenvalue weighted by molar-refractivity contribution is 5.01. The van der Waals surface area contributed by atoms with E-state index in [1.807, 2.05) is 0 Å². The predicted molar refractivity (Wildman–Crippen MR) is 99.8 cm³/mol. The maximum atomic E-state index is 10.6. The molecule has 1 saturated carbocycles. The van der Waals surface area contributed by atoms with Crippen LogP contribution in [0.2, 0.25) is 0 Å². The van der Waals surface area contributed by atoms with Gasteiger partial charge in [-0.2, -0.15) is 0 Å². The fourth-order valence-electron chi connectivity index (χ4n) is 4.12. The summed E-state index contributed by atoms with van der Waals surface area (Å²) >= 11 is 0. The van der Waals surface area contributed by atoms with Gasteiger partial charge in [0, 0.05) is 12.1 Å². The molecule has 3 rings (SSSR count). The van der Waals surface area contributed by atoms with Crippen LogP contribution in [0.1, 0.15) is 6.42 Å². The van der Waals surface area contributed by atoms with Crippen molar-refractivity contribution in [3.8, 4) is 0 Å². The number of aliphatic hydroxyl groups is 7. The van der Waals surface area contributed by atoms with Crippen LogP contribution in [0.15, 0.2) is 0 Å². The van der Waals surface area contributed by atoms with E-state index >= 15 is 0 Å². The molecule has 13 N–H and O–H groups in total. The smallest absolute Gasteiger partial charge is 0.187 e. The van der Waals surface area contributed by atoms with Gasteiger partial charge in [0.05, 0.1) is 25.4 Å². The summed E-state index contributed by atoms with van der Waals surface area (Å²) in [5, 5.41) is 69.4. The van der Waals surface area contributed by atoms with E-state index < -0.39 is 98.9 Å². The van der Waals surface area contributed by atoms with Gasteiger partial charge in [0.25, 0.3) is 0 Å². The molecule has 2 saturated heterocycles. The number of nitrogens with two attached hydrogens (primary N) is 3. The Morgan fingerprint density at radius 3 is 1.74 bits per heavy atom. The zero-order valence-electron chi connectivity index (χ0n) is 16.7. The van der Waals surface area contributed by atoms with Crippen molar-refractivity contribution in [1.29, 1.82) is 0 Å². The standard InChI is InChI=1S/C17H33N3O11/c18-4-1-5(19)14(30-16-8(20)12(26)10(24)6(2-21)28-16)15(9(4)23)31-17-13(27)11(25)7(3-22)29-17/h4-17,21-27H,1-3,18-20H2/t4-,5+,6-,7-,8-,9+,10-,11-,12-,13-,14-,15-,16-,17+/m1/s1. The minimum atomic E-state index is -1.52. The lowest BCUT2D eigenvalue weighted by atomic mass is 9.84. The lowest BCUT2D eigenvalue weighted by Gasteiger charge is -2.47. The fraction of sp³-hybridized carbons (Fsp3) is 1.00. The quantitative estimate of drug-likeness (QED) is 0.179. The van der Waals surface area contributed by atoms with Gasteiger partial charge in [-0.25, -0.2) is 0 Å². The molecule has 0 unspecified atom stereocenters. The molecule has 0 aromatic carbocycles. The van der Waals surface area contributed by atoms with Gasteiger partial charge < -0.3 is 71.9 Å². The predicted octanol–water partition coefficient (Wildman–Crippen LogP) is -6.62. The topological polar surface area (TPSA) is 257 Å². The Balaban J connectivity index is 1.78. The third kappa shape index (κ3) is 4.87. The second kappa shape index (κ2) is 10.1. The number of ether oxygens (including phenoxy) is 4. The fourth-order valence-corrected chi connectivity index (χ4v) is 4.12.